The first-order chi connectivity index (χ1) is 5.43. The molecule has 2 atom stereocenters. The van der Waals surface area contributed by atoms with Crippen LogP contribution in [0.4, 0.5) is 4.39 Å². The quantitative estimate of drug-likeness (QED) is 0.675. The molecule has 1 rings (SSSR count). The van der Waals surface area contributed by atoms with E-state index in [0.29, 0.717) is 0 Å². The number of hydrogen-bond donors (Lipinski definition) is 1. The van der Waals surface area contributed by atoms with Crippen molar-refractivity contribution in [3.05, 3.63) is 23.3 Å². The number of alkyl halides is 2. The van der Waals surface area contributed by atoms with Gasteiger partial charge in [-0.3, -0.25) is 4.79 Å². The maximum absolute atomic E-state index is 13.2. The second-order valence-corrected chi connectivity index (χ2v) is 3.39. The standard InChI is InChI=1S/C7H5Cl2FO2/c8-4-1-2-5(6(11)12)7(9,10)3-4/h1-3,5H,(H,11,12). The molecule has 0 saturated heterocycles. The van der Waals surface area contributed by atoms with Crippen LogP contribution in [0.2, 0.25) is 0 Å². The number of carbonyl (C=O) groups is 1. The number of halogens is 3. The van der Waals surface area contributed by atoms with Crippen LogP contribution in [-0.4, -0.2) is 16.2 Å². The average Bonchev–Trinajstić information content (AvgIpc) is 1.82. The first-order valence-electron chi connectivity index (χ1n) is 3.10. The molecular formula is C7H5Cl2FO2. The average molecular weight is 211 g/mol. The highest BCUT2D eigenvalue weighted by Crippen LogP contribution is 2.35. The van der Waals surface area contributed by atoms with Crippen molar-refractivity contribution in [2.24, 2.45) is 5.92 Å². The molecule has 0 aliphatic heterocycles. The Bertz CT molecular complexity index is 271. The molecule has 1 aliphatic rings. The van der Waals surface area contributed by atoms with Crippen molar-refractivity contribution in [3.63, 3.8) is 0 Å². The Kier molecular flexibility index (Phi) is 2.44. The van der Waals surface area contributed by atoms with Crippen LogP contribution in [0.25, 0.3) is 0 Å². The monoisotopic (exact) mass is 210 g/mol. The Balaban J connectivity index is 2.96. The van der Waals surface area contributed by atoms with Gasteiger partial charge in [0.25, 0.3) is 0 Å². The van der Waals surface area contributed by atoms with Crippen molar-refractivity contribution < 1.29 is 14.3 Å². The van der Waals surface area contributed by atoms with E-state index in [1.54, 1.807) is 0 Å². The Morgan fingerprint density at radius 2 is 2.33 bits per heavy atom. The van der Waals surface area contributed by atoms with E-state index in [0.717, 1.165) is 12.2 Å². The first kappa shape index (κ1) is 9.55. The van der Waals surface area contributed by atoms with Gasteiger partial charge in [0.2, 0.25) is 5.13 Å². The van der Waals surface area contributed by atoms with E-state index in [1.807, 2.05) is 0 Å². The number of aliphatic carboxylic acids is 1. The number of carboxylic acids is 1. The van der Waals surface area contributed by atoms with Crippen LogP contribution >= 0.6 is 23.2 Å². The molecule has 1 aliphatic carbocycles. The Labute approximate surface area is 78.3 Å². The van der Waals surface area contributed by atoms with E-state index < -0.39 is 17.0 Å². The molecule has 2 nitrogen and oxygen atoms in total. The van der Waals surface area contributed by atoms with E-state index in [2.05, 4.69) is 0 Å². The summed E-state index contributed by atoms with van der Waals surface area (Å²) in [5, 5.41) is 6.19. The van der Waals surface area contributed by atoms with E-state index in [-0.39, 0.29) is 5.03 Å². The minimum atomic E-state index is -2.42. The largest absolute Gasteiger partial charge is 0.481 e. The summed E-state index contributed by atoms with van der Waals surface area (Å²) < 4.78 is 13.2. The van der Waals surface area contributed by atoms with Crippen LogP contribution in [-0.2, 0) is 4.79 Å². The predicted molar refractivity (Wildman–Crippen MR) is 43.9 cm³/mol. The Hall–Kier alpha value is -0.540. The molecule has 0 spiro atoms. The molecule has 5 heteroatoms. The highest BCUT2D eigenvalue weighted by atomic mass is 35.5. The Morgan fingerprint density at radius 1 is 1.75 bits per heavy atom. The highest BCUT2D eigenvalue weighted by molar-refractivity contribution is 6.33. The van der Waals surface area contributed by atoms with Crippen molar-refractivity contribution >= 4 is 29.2 Å². The van der Waals surface area contributed by atoms with Crippen LogP contribution in [0.5, 0.6) is 0 Å². The zero-order chi connectivity index (χ0) is 9.35. The maximum atomic E-state index is 13.2. The highest BCUT2D eigenvalue weighted by Gasteiger charge is 2.40. The van der Waals surface area contributed by atoms with Gasteiger partial charge in [-0.2, -0.15) is 0 Å². The molecule has 0 bridgehead atoms. The van der Waals surface area contributed by atoms with Gasteiger partial charge in [-0.1, -0.05) is 29.3 Å². The van der Waals surface area contributed by atoms with Crippen LogP contribution in [0.1, 0.15) is 0 Å². The molecule has 0 saturated carbocycles. The summed E-state index contributed by atoms with van der Waals surface area (Å²) in [6.45, 7) is 0. The normalized spacial score (nSPS) is 34.6. The fraction of sp³-hybridized carbons (Fsp3) is 0.286. The molecule has 0 aromatic heterocycles. The lowest BCUT2D eigenvalue weighted by Crippen LogP contribution is -2.31. The van der Waals surface area contributed by atoms with Crippen LogP contribution in [0.15, 0.2) is 23.3 Å². The summed E-state index contributed by atoms with van der Waals surface area (Å²) in [5.41, 5.74) is 0. The molecule has 0 aromatic rings. The molecule has 0 radical (unpaired) electrons. The summed E-state index contributed by atoms with van der Waals surface area (Å²) in [5.74, 6) is -2.69. The van der Waals surface area contributed by atoms with E-state index in [4.69, 9.17) is 28.3 Å². The SMILES string of the molecule is O=C(O)C1C=CC(Cl)=CC1(F)Cl. The molecule has 0 aromatic carbocycles. The summed E-state index contributed by atoms with van der Waals surface area (Å²) in [6, 6.07) is 0. The minimum absolute atomic E-state index is 0.102. The van der Waals surface area contributed by atoms with Crippen molar-refractivity contribution in [2.45, 2.75) is 5.13 Å². The Morgan fingerprint density at radius 3 is 2.75 bits per heavy atom. The summed E-state index contributed by atoms with van der Waals surface area (Å²) in [7, 11) is 0. The van der Waals surface area contributed by atoms with Crippen molar-refractivity contribution in [1.82, 2.24) is 0 Å². The van der Waals surface area contributed by atoms with Gasteiger partial charge in [-0.05, 0) is 12.2 Å². The topological polar surface area (TPSA) is 37.3 Å². The van der Waals surface area contributed by atoms with Gasteiger partial charge in [-0.15, -0.1) is 0 Å². The van der Waals surface area contributed by atoms with Gasteiger partial charge in [0.05, 0.1) is 0 Å². The van der Waals surface area contributed by atoms with Crippen LogP contribution in [0.3, 0.4) is 0 Å². The van der Waals surface area contributed by atoms with Crippen LogP contribution < -0.4 is 0 Å². The fourth-order valence-electron chi connectivity index (χ4n) is 0.885. The predicted octanol–water partition coefficient (Wildman–Crippen LogP) is 2.28. The molecular weight excluding hydrogens is 206 g/mol. The van der Waals surface area contributed by atoms with Gasteiger partial charge in [0, 0.05) is 5.03 Å². The lowest BCUT2D eigenvalue weighted by Gasteiger charge is -2.21. The second-order valence-electron chi connectivity index (χ2n) is 2.38. The van der Waals surface area contributed by atoms with Crippen molar-refractivity contribution in [3.8, 4) is 0 Å². The van der Waals surface area contributed by atoms with Crippen molar-refractivity contribution in [1.29, 1.82) is 0 Å². The van der Waals surface area contributed by atoms with Gasteiger partial charge < -0.3 is 5.11 Å². The summed E-state index contributed by atoms with van der Waals surface area (Å²) in [4.78, 5) is 10.4. The third-order valence-corrected chi connectivity index (χ3v) is 2.04. The third kappa shape index (κ3) is 1.79. The zero-order valence-corrected chi connectivity index (χ0v) is 7.31. The molecule has 0 heterocycles. The zero-order valence-electron chi connectivity index (χ0n) is 5.80. The van der Waals surface area contributed by atoms with Gasteiger partial charge in [-0.25, -0.2) is 4.39 Å². The molecule has 1 N–H and O–H groups in total. The number of rotatable bonds is 1. The fourth-order valence-corrected chi connectivity index (χ4v) is 1.46. The van der Waals surface area contributed by atoms with E-state index >= 15 is 0 Å². The number of hydrogen-bond acceptors (Lipinski definition) is 1. The van der Waals surface area contributed by atoms with Gasteiger partial charge in [0.1, 0.15) is 5.92 Å². The molecule has 0 amide bonds. The maximum Gasteiger partial charge on any atom is 0.315 e. The molecule has 2 unspecified atom stereocenters. The lowest BCUT2D eigenvalue weighted by molar-refractivity contribution is -0.142. The smallest absolute Gasteiger partial charge is 0.315 e. The number of allylic oxidation sites excluding steroid dienone is 3. The van der Waals surface area contributed by atoms with E-state index in [9.17, 15) is 9.18 Å². The molecule has 12 heavy (non-hydrogen) atoms. The van der Waals surface area contributed by atoms with E-state index in [1.165, 1.54) is 6.08 Å². The molecule has 66 valence electrons. The first-order valence-corrected chi connectivity index (χ1v) is 3.86. The third-order valence-electron chi connectivity index (χ3n) is 1.46. The van der Waals surface area contributed by atoms with Gasteiger partial charge in [0.15, 0.2) is 0 Å². The lowest BCUT2D eigenvalue weighted by atomic mass is 9.98. The summed E-state index contributed by atoms with van der Waals surface area (Å²) >= 11 is 10.7. The minimum Gasteiger partial charge on any atom is -0.481 e. The van der Waals surface area contributed by atoms with Crippen LogP contribution in [0, 0.1) is 5.92 Å². The second kappa shape index (κ2) is 3.07. The molecule has 0 fully saturated rings. The summed E-state index contributed by atoms with van der Waals surface area (Å²) in [6.07, 6.45) is 3.30. The van der Waals surface area contributed by atoms with Crippen molar-refractivity contribution in [2.75, 3.05) is 0 Å². The van der Waals surface area contributed by atoms with Gasteiger partial charge >= 0.3 is 5.97 Å². The number of carboxylic acid groups (broad SMARTS) is 1.